The maximum absolute atomic E-state index is 11.2. The molecule has 0 saturated carbocycles. The second-order valence-electron chi connectivity index (χ2n) is 2.52. The molecule has 0 bridgehead atoms. The Bertz CT molecular complexity index is 191. The van der Waals surface area contributed by atoms with Crippen molar-refractivity contribution in [3.8, 4) is 0 Å². The predicted molar refractivity (Wildman–Crippen MR) is 49.5 cm³/mol. The van der Waals surface area contributed by atoms with Gasteiger partial charge in [-0.1, -0.05) is 6.08 Å². The predicted octanol–water partition coefficient (Wildman–Crippen LogP) is 1.22. The van der Waals surface area contributed by atoms with Crippen LogP contribution < -0.4 is 0 Å². The molecule has 1 unspecified atom stereocenters. The van der Waals surface area contributed by atoms with Crippen LogP contribution in [0, 0.1) is 0 Å². The van der Waals surface area contributed by atoms with E-state index in [9.17, 15) is 9.59 Å². The third-order valence-electron chi connectivity index (χ3n) is 1.52. The van der Waals surface area contributed by atoms with Crippen LogP contribution in [0.1, 0.15) is 13.8 Å². The van der Waals surface area contributed by atoms with Gasteiger partial charge >= 0.3 is 6.09 Å². The minimum atomic E-state index is -0.484. The molecule has 0 aliphatic rings. The van der Waals surface area contributed by atoms with Gasteiger partial charge in [0.05, 0.1) is 12.6 Å². The van der Waals surface area contributed by atoms with E-state index in [0.717, 1.165) is 0 Å². The molecule has 0 aromatic heterocycles. The zero-order valence-electron chi connectivity index (χ0n) is 8.03. The van der Waals surface area contributed by atoms with Crippen molar-refractivity contribution < 1.29 is 14.3 Å². The van der Waals surface area contributed by atoms with E-state index in [4.69, 9.17) is 4.74 Å². The molecule has 1 amide bonds. The fourth-order valence-electron chi connectivity index (χ4n) is 0.826. The van der Waals surface area contributed by atoms with Crippen LogP contribution >= 0.6 is 0 Å². The highest BCUT2D eigenvalue weighted by Gasteiger charge is 2.18. The normalized spacial score (nSPS) is 11.5. The van der Waals surface area contributed by atoms with E-state index in [2.05, 4.69) is 6.58 Å². The Kier molecular flexibility index (Phi) is 5.59. The molecule has 0 N–H and O–H groups in total. The Labute approximate surface area is 78.2 Å². The van der Waals surface area contributed by atoms with Crippen molar-refractivity contribution in [2.24, 2.45) is 0 Å². The Balaban J connectivity index is 4.29. The average molecular weight is 185 g/mol. The van der Waals surface area contributed by atoms with E-state index < -0.39 is 12.1 Å². The number of rotatable bonds is 5. The van der Waals surface area contributed by atoms with Crippen molar-refractivity contribution in [3.63, 3.8) is 0 Å². The largest absolute Gasteiger partial charge is 0.450 e. The summed E-state index contributed by atoms with van der Waals surface area (Å²) in [5, 5.41) is 0. The van der Waals surface area contributed by atoms with Crippen LogP contribution in [0.15, 0.2) is 12.7 Å². The Morgan fingerprint density at radius 3 is 2.69 bits per heavy atom. The highest BCUT2D eigenvalue weighted by Crippen LogP contribution is 2.00. The zero-order valence-corrected chi connectivity index (χ0v) is 8.03. The topological polar surface area (TPSA) is 46.6 Å². The van der Waals surface area contributed by atoms with Gasteiger partial charge in [-0.2, -0.15) is 0 Å². The lowest BCUT2D eigenvalue weighted by Crippen LogP contribution is -2.40. The van der Waals surface area contributed by atoms with Crippen LogP contribution in [-0.4, -0.2) is 36.5 Å². The number of hydrogen-bond acceptors (Lipinski definition) is 3. The molecular weight excluding hydrogens is 170 g/mol. The molecule has 0 aliphatic carbocycles. The lowest BCUT2D eigenvalue weighted by Gasteiger charge is -2.22. The van der Waals surface area contributed by atoms with Gasteiger partial charge in [0.2, 0.25) is 0 Å². The number of aldehydes is 1. The van der Waals surface area contributed by atoms with Gasteiger partial charge in [-0.05, 0) is 13.8 Å². The summed E-state index contributed by atoms with van der Waals surface area (Å²) in [6.45, 7) is 7.47. The maximum atomic E-state index is 11.2. The van der Waals surface area contributed by atoms with Gasteiger partial charge in [-0.25, -0.2) is 4.79 Å². The highest BCUT2D eigenvalue weighted by atomic mass is 16.6. The summed E-state index contributed by atoms with van der Waals surface area (Å²) in [4.78, 5) is 23.0. The van der Waals surface area contributed by atoms with Crippen LogP contribution in [0.25, 0.3) is 0 Å². The van der Waals surface area contributed by atoms with Gasteiger partial charge in [-0.15, -0.1) is 6.58 Å². The molecule has 74 valence electrons. The van der Waals surface area contributed by atoms with Crippen molar-refractivity contribution in [2.75, 3.05) is 13.2 Å². The molecule has 0 rings (SSSR count). The Hall–Kier alpha value is -1.32. The molecule has 1 atom stereocenters. The first kappa shape index (κ1) is 11.7. The zero-order chi connectivity index (χ0) is 10.3. The van der Waals surface area contributed by atoms with Gasteiger partial charge in [-0.3, -0.25) is 4.90 Å². The maximum Gasteiger partial charge on any atom is 0.410 e. The summed E-state index contributed by atoms with van der Waals surface area (Å²) in [5.74, 6) is 0. The van der Waals surface area contributed by atoms with Crippen LogP contribution in [0.5, 0.6) is 0 Å². The lowest BCUT2D eigenvalue weighted by atomic mass is 10.3. The van der Waals surface area contributed by atoms with Crippen molar-refractivity contribution in [1.82, 2.24) is 4.90 Å². The highest BCUT2D eigenvalue weighted by molar-refractivity contribution is 5.73. The molecule has 0 aromatic rings. The minimum absolute atomic E-state index is 0.304. The van der Waals surface area contributed by atoms with E-state index in [-0.39, 0.29) is 0 Å². The third-order valence-corrected chi connectivity index (χ3v) is 1.52. The molecule has 4 heteroatoms. The lowest BCUT2D eigenvalue weighted by molar-refractivity contribution is -0.111. The minimum Gasteiger partial charge on any atom is -0.450 e. The Morgan fingerprint density at radius 2 is 2.31 bits per heavy atom. The van der Waals surface area contributed by atoms with E-state index in [0.29, 0.717) is 19.4 Å². The SMILES string of the molecule is C=CCN(C(=O)OCC)C(C)C=O. The van der Waals surface area contributed by atoms with E-state index in [1.54, 1.807) is 19.9 Å². The molecule has 4 nitrogen and oxygen atoms in total. The summed E-state index contributed by atoms with van der Waals surface area (Å²) in [7, 11) is 0. The van der Waals surface area contributed by atoms with Crippen LogP contribution in [0.2, 0.25) is 0 Å². The van der Waals surface area contributed by atoms with Crippen molar-refractivity contribution in [1.29, 1.82) is 0 Å². The van der Waals surface area contributed by atoms with Crippen molar-refractivity contribution in [3.05, 3.63) is 12.7 Å². The molecule has 0 radical (unpaired) electrons. The molecular formula is C9H15NO3. The monoisotopic (exact) mass is 185 g/mol. The molecule has 0 aliphatic heterocycles. The molecule has 0 saturated heterocycles. The number of nitrogens with zero attached hydrogens (tertiary/aromatic N) is 1. The smallest absolute Gasteiger partial charge is 0.410 e. The van der Waals surface area contributed by atoms with E-state index in [1.807, 2.05) is 0 Å². The standard InChI is InChI=1S/C9H15NO3/c1-4-6-10(8(3)7-11)9(12)13-5-2/h4,7-8H,1,5-6H2,2-3H3. The summed E-state index contributed by atoms with van der Waals surface area (Å²) in [6, 6.07) is -0.475. The average Bonchev–Trinajstić information content (AvgIpc) is 2.13. The first-order valence-corrected chi connectivity index (χ1v) is 4.16. The van der Waals surface area contributed by atoms with Crippen molar-refractivity contribution >= 4 is 12.4 Å². The van der Waals surface area contributed by atoms with Gasteiger partial charge in [0.1, 0.15) is 6.29 Å². The fourth-order valence-corrected chi connectivity index (χ4v) is 0.826. The fraction of sp³-hybridized carbons (Fsp3) is 0.556. The second-order valence-corrected chi connectivity index (χ2v) is 2.52. The van der Waals surface area contributed by atoms with Gasteiger partial charge in [0.25, 0.3) is 0 Å². The second kappa shape index (κ2) is 6.22. The molecule has 0 spiro atoms. The quantitative estimate of drug-likeness (QED) is 0.478. The third kappa shape index (κ3) is 3.73. The first-order valence-electron chi connectivity index (χ1n) is 4.16. The van der Waals surface area contributed by atoms with Gasteiger partial charge in [0, 0.05) is 6.54 Å². The number of amides is 1. The molecule has 0 heterocycles. The van der Waals surface area contributed by atoms with Crippen LogP contribution in [0.4, 0.5) is 4.79 Å². The first-order chi connectivity index (χ1) is 6.17. The number of hydrogen-bond donors (Lipinski definition) is 0. The van der Waals surface area contributed by atoms with E-state index >= 15 is 0 Å². The Morgan fingerprint density at radius 1 is 1.69 bits per heavy atom. The van der Waals surface area contributed by atoms with E-state index in [1.165, 1.54) is 4.90 Å². The molecule has 0 fully saturated rings. The molecule has 0 aromatic carbocycles. The summed E-state index contributed by atoms with van der Waals surface area (Å²) >= 11 is 0. The number of carbonyl (C=O) groups excluding carboxylic acids is 2. The van der Waals surface area contributed by atoms with Gasteiger partial charge < -0.3 is 9.53 Å². The van der Waals surface area contributed by atoms with Gasteiger partial charge in [0.15, 0.2) is 0 Å². The van der Waals surface area contributed by atoms with Crippen molar-refractivity contribution in [2.45, 2.75) is 19.9 Å². The summed E-state index contributed by atoms with van der Waals surface area (Å²) in [6.07, 6.45) is 1.76. The summed E-state index contributed by atoms with van der Waals surface area (Å²) < 4.78 is 4.76. The number of ether oxygens (including phenoxy) is 1. The van der Waals surface area contributed by atoms with Crippen LogP contribution in [0.3, 0.4) is 0 Å². The molecule has 13 heavy (non-hydrogen) atoms. The van der Waals surface area contributed by atoms with Crippen LogP contribution in [-0.2, 0) is 9.53 Å². The summed E-state index contributed by atoms with van der Waals surface area (Å²) in [5.41, 5.74) is 0. The number of carbonyl (C=O) groups is 2.